The number of ketones is 1. The number of aromatic nitrogens is 1. The molecule has 0 bridgehead atoms. The number of hydrogen-bond acceptors (Lipinski definition) is 1. The van der Waals surface area contributed by atoms with E-state index >= 15 is 0 Å². The summed E-state index contributed by atoms with van der Waals surface area (Å²) in [6.45, 7) is 2.05. The quantitative estimate of drug-likeness (QED) is 0.660. The third-order valence-corrected chi connectivity index (χ3v) is 4.65. The van der Waals surface area contributed by atoms with Crippen LogP contribution in [0.4, 0.5) is 0 Å². The van der Waals surface area contributed by atoms with E-state index in [9.17, 15) is 4.79 Å². The molecule has 0 N–H and O–H groups in total. The van der Waals surface area contributed by atoms with Gasteiger partial charge in [0, 0.05) is 32.0 Å². The normalized spacial score (nSPS) is 14.6. The molecule has 3 rings (SSSR count). The van der Waals surface area contributed by atoms with Gasteiger partial charge >= 0.3 is 0 Å². The van der Waals surface area contributed by atoms with Crippen LogP contribution in [0.2, 0.25) is 5.02 Å². The van der Waals surface area contributed by atoms with Crippen molar-refractivity contribution in [3.63, 3.8) is 0 Å². The molecule has 1 heterocycles. The summed E-state index contributed by atoms with van der Waals surface area (Å²) in [6.07, 6.45) is 2.58. The molecule has 0 spiro atoms. The molecule has 0 amide bonds. The number of aryl methyl sites for hydroxylation is 1. The van der Waals surface area contributed by atoms with Gasteiger partial charge in [-0.3, -0.25) is 4.79 Å². The number of fused-ring (bicyclic) bond motifs is 1. The van der Waals surface area contributed by atoms with Gasteiger partial charge in [0.1, 0.15) is 0 Å². The molecule has 0 atom stereocenters. The fraction of sp³-hybridized carbons (Fsp3) is 0.267. The minimum Gasteiger partial charge on any atom is -0.316 e. The summed E-state index contributed by atoms with van der Waals surface area (Å²) in [5, 5.41) is 0.739. The monoisotopic (exact) mass is 385 g/mol. The number of carbonyl (C=O) groups is 1. The Morgan fingerprint density at radius 3 is 2.79 bits per heavy atom. The van der Waals surface area contributed by atoms with E-state index in [1.165, 1.54) is 0 Å². The van der Waals surface area contributed by atoms with Crippen molar-refractivity contribution in [2.75, 3.05) is 0 Å². The second kappa shape index (κ2) is 4.94. The highest BCUT2D eigenvalue weighted by Gasteiger charge is 2.23. The molecular weight excluding hydrogens is 373 g/mol. The van der Waals surface area contributed by atoms with E-state index in [-0.39, 0.29) is 5.78 Å². The highest BCUT2D eigenvalue weighted by molar-refractivity contribution is 14.1. The summed E-state index contributed by atoms with van der Waals surface area (Å²) in [5.74, 6) is 0.270. The van der Waals surface area contributed by atoms with Crippen LogP contribution in [0.15, 0.2) is 24.3 Å². The topological polar surface area (TPSA) is 22.0 Å². The van der Waals surface area contributed by atoms with Gasteiger partial charge in [-0.25, -0.2) is 0 Å². The Labute approximate surface area is 130 Å². The molecule has 0 saturated heterocycles. The average molecular weight is 386 g/mol. The third kappa shape index (κ3) is 2.23. The van der Waals surface area contributed by atoms with Crippen LogP contribution in [0.1, 0.15) is 34.6 Å². The van der Waals surface area contributed by atoms with Crippen LogP contribution in [0.3, 0.4) is 0 Å². The lowest BCUT2D eigenvalue weighted by atomic mass is 9.96. The molecule has 0 aliphatic heterocycles. The third-order valence-electron chi connectivity index (χ3n) is 3.56. The predicted molar refractivity (Wildman–Crippen MR) is 85.5 cm³/mol. The average Bonchev–Trinajstić information content (AvgIpc) is 2.68. The number of halogens is 2. The summed E-state index contributed by atoms with van der Waals surface area (Å²) in [7, 11) is 0. The molecule has 0 radical (unpaired) electrons. The fourth-order valence-corrected chi connectivity index (χ4v) is 3.84. The summed E-state index contributed by atoms with van der Waals surface area (Å²) in [5.41, 5.74) is 4.27. The Hall–Kier alpha value is -0.810. The Bertz CT molecular complexity index is 675. The zero-order chi connectivity index (χ0) is 13.6. The van der Waals surface area contributed by atoms with Gasteiger partial charge in [0.25, 0.3) is 0 Å². The van der Waals surface area contributed by atoms with Crippen molar-refractivity contribution in [2.45, 2.75) is 26.2 Å². The second-order valence-electron chi connectivity index (χ2n) is 4.85. The van der Waals surface area contributed by atoms with Crippen LogP contribution >= 0.6 is 34.2 Å². The van der Waals surface area contributed by atoms with Crippen LogP contribution in [-0.2, 0) is 6.42 Å². The number of carbonyl (C=O) groups excluding carboxylic acids is 1. The fourth-order valence-electron chi connectivity index (χ4n) is 2.73. The smallest absolute Gasteiger partial charge is 0.164 e. The van der Waals surface area contributed by atoms with Crippen molar-refractivity contribution in [1.82, 2.24) is 4.57 Å². The molecule has 98 valence electrons. The summed E-state index contributed by atoms with van der Waals surface area (Å²) in [4.78, 5) is 12.0. The lowest BCUT2D eigenvalue weighted by Gasteiger charge is -2.17. The summed E-state index contributed by atoms with van der Waals surface area (Å²) in [6, 6.07) is 7.89. The minimum absolute atomic E-state index is 0.270. The molecular formula is C15H13ClINO. The van der Waals surface area contributed by atoms with Gasteiger partial charge in [-0.15, -0.1) is 0 Å². The second-order valence-corrected chi connectivity index (χ2v) is 6.45. The largest absolute Gasteiger partial charge is 0.316 e. The molecule has 4 heteroatoms. The Balaban J connectivity index is 2.23. The van der Waals surface area contributed by atoms with Crippen LogP contribution in [-0.4, -0.2) is 10.4 Å². The number of rotatable bonds is 1. The zero-order valence-electron chi connectivity index (χ0n) is 10.5. The SMILES string of the molecule is Cc1cc2c(n1-c1ccc(Cl)cc1I)CCCC2=O. The maximum absolute atomic E-state index is 12.0. The molecule has 19 heavy (non-hydrogen) atoms. The number of Topliss-reactive ketones (excluding diaryl/α,β-unsaturated/α-hetero) is 1. The lowest BCUT2D eigenvalue weighted by molar-refractivity contribution is 0.0972. The molecule has 0 fully saturated rings. The molecule has 0 unspecified atom stereocenters. The van der Waals surface area contributed by atoms with Gasteiger partial charge in [0.05, 0.1) is 5.69 Å². The molecule has 2 nitrogen and oxygen atoms in total. The minimum atomic E-state index is 0.270. The van der Waals surface area contributed by atoms with Gasteiger partial charge in [-0.2, -0.15) is 0 Å². The first kappa shape index (κ1) is 13.2. The van der Waals surface area contributed by atoms with Crippen molar-refractivity contribution in [1.29, 1.82) is 0 Å². The lowest BCUT2D eigenvalue weighted by Crippen LogP contribution is -2.13. The van der Waals surface area contributed by atoms with Crippen molar-refractivity contribution >= 4 is 40.0 Å². The number of nitrogens with zero attached hydrogens (tertiary/aromatic N) is 1. The maximum atomic E-state index is 12.0. The van der Waals surface area contributed by atoms with Gasteiger partial charge in [-0.05, 0) is 66.6 Å². The van der Waals surface area contributed by atoms with E-state index in [1.54, 1.807) is 0 Å². The zero-order valence-corrected chi connectivity index (χ0v) is 13.5. The molecule has 0 saturated carbocycles. The highest BCUT2D eigenvalue weighted by atomic mass is 127. The summed E-state index contributed by atoms with van der Waals surface area (Å²) >= 11 is 8.31. The number of hydrogen-bond donors (Lipinski definition) is 0. The van der Waals surface area contributed by atoms with E-state index in [2.05, 4.69) is 34.1 Å². The molecule has 1 aromatic carbocycles. The Morgan fingerprint density at radius 1 is 1.26 bits per heavy atom. The van der Waals surface area contributed by atoms with Crippen LogP contribution in [0, 0.1) is 10.5 Å². The standard InChI is InChI=1S/C15H13ClINO/c1-9-7-11-13(3-2-4-15(11)19)18(9)14-6-5-10(16)8-12(14)17/h5-8H,2-4H2,1H3. The molecule has 1 aliphatic carbocycles. The Kier molecular flexibility index (Phi) is 3.43. The molecule has 1 aromatic heterocycles. The molecule has 2 aromatic rings. The van der Waals surface area contributed by atoms with Gasteiger partial charge in [-0.1, -0.05) is 11.6 Å². The first-order chi connectivity index (χ1) is 9.08. The Morgan fingerprint density at radius 2 is 2.05 bits per heavy atom. The van der Waals surface area contributed by atoms with E-state index in [0.717, 1.165) is 44.1 Å². The van der Waals surface area contributed by atoms with Crippen molar-refractivity contribution in [2.24, 2.45) is 0 Å². The maximum Gasteiger partial charge on any atom is 0.164 e. The first-order valence-corrected chi connectivity index (χ1v) is 7.73. The van der Waals surface area contributed by atoms with Crippen molar-refractivity contribution in [3.8, 4) is 5.69 Å². The van der Waals surface area contributed by atoms with E-state index in [1.807, 2.05) is 24.3 Å². The van der Waals surface area contributed by atoms with Gasteiger partial charge in [0.2, 0.25) is 0 Å². The van der Waals surface area contributed by atoms with Crippen LogP contribution in [0.25, 0.3) is 5.69 Å². The van der Waals surface area contributed by atoms with E-state index in [4.69, 9.17) is 11.6 Å². The van der Waals surface area contributed by atoms with E-state index < -0.39 is 0 Å². The van der Waals surface area contributed by atoms with Crippen LogP contribution in [0.5, 0.6) is 0 Å². The van der Waals surface area contributed by atoms with Crippen molar-refractivity contribution < 1.29 is 4.79 Å². The summed E-state index contributed by atoms with van der Waals surface area (Å²) < 4.78 is 3.30. The first-order valence-electron chi connectivity index (χ1n) is 6.28. The molecule has 1 aliphatic rings. The van der Waals surface area contributed by atoms with Crippen molar-refractivity contribution in [3.05, 3.63) is 49.8 Å². The van der Waals surface area contributed by atoms with E-state index in [0.29, 0.717) is 6.42 Å². The van der Waals surface area contributed by atoms with Gasteiger partial charge in [0.15, 0.2) is 5.78 Å². The number of benzene rings is 1. The highest BCUT2D eigenvalue weighted by Crippen LogP contribution is 2.30. The predicted octanol–water partition coefficient (Wildman–Crippen LogP) is 4.56. The van der Waals surface area contributed by atoms with Crippen LogP contribution < -0.4 is 0 Å². The van der Waals surface area contributed by atoms with Gasteiger partial charge < -0.3 is 4.57 Å².